The van der Waals surface area contributed by atoms with Crippen molar-refractivity contribution in [3.8, 4) is 11.1 Å². The van der Waals surface area contributed by atoms with Crippen molar-refractivity contribution in [1.29, 1.82) is 0 Å². The topological polar surface area (TPSA) is 37.3 Å². The van der Waals surface area contributed by atoms with Crippen molar-refractivity contribution in [3.63, 3.8) is 0 Å². The van der Waals surface area contributed by atoms with Gasteiger partial charge in [-0.2, -0.15) is 0 Å². The van der Waals surface area contributed by atoms with E-state index in [1.54, 1.807) is 12.1 Å². The van der Waals surface area contributed by atoms with Crippen molar-refractivity contribution in [3.05, 3.63) is 71.3 Å². The van der Waals surface area contributed by atoms with Gasteiger partial charge < -0.3 is 5.11 Å². The van der Waals surface area contributed by atoms with Gasteiger partial charge in [0, 0.05) is 0 Å². The van der Waals surface area contributed by atoms with E-state index in [9.17, 15) is 4.79 Å². The zero-order valence-corrected chi connectivity index (χ0v) is 12.9. The molecule has 2 nitrogen and oxygen atoms in total. The number of hydrogen-bond acceptors (Lipinski definition) is 1. The molecule has 3 aromatic carbocycles. The van der Waals surface area contributed by atoms with Gasteiger partial charge in [0.2, 0.25) is 0 Å². The first-order valence-electron chi connectivity index (χ1n) is 8.10. The molecule has 0 bridgehead atoms. The lowest BCUT2D eigenvalue weighted by Gasteiger charge is -2.16. The molecule has 4 rings (SSSR count). The molecule has 0 saturated carbocycles. The zero-order valence-electron chi connectivity index (χ0n) is 12.9. The van der Waals surface area contributed by atoms with E-state index in [0.29, 0.717) is 5.56 Å². The van der Waals surface area contributed by atoms with E-state index in [1.807, 2.05) is 12.1 Å². The number of carboxylic acid groups (broad SMARTS) is 1. The summed E-state index contributed by atoms with van der Waals surface area (Å²) in [4.78, 5) is 11.1. The third kappa shape index (κ3) is 2.61. The van der Waals surface area contributed by atoms with Crippen LogP contribution in [0.5, 0.6) is 0 Å². The Kier molecular flexibility index (Phi) is 3.38. The fourth-order valence-electron chi connectivity index (χ4n) is 3.47. The summed E-state index contributed by atoms with van der Waals surface area (Å²) in [7, 11) is 0. The van der Waals surface area contributed by atoms with Crippen molar-refractivity contribution in [1.82, 2.24) is 0 Å². The quantitative estimate of drug-likeness (QED) is 0.716. The number of aromatic carboxylic acids is 1. The average Bonchev–Trinajstić information content (AvgIpc) is 2.60. The van der Waals surface area contributed by atoms with Gasteiger partial charge in [0.25, 0.3) is 0 Å². The Hall–Kier alpha value is -2.61. The standard InChI is InChI=1S/C21H18O2/c22-21(23)20-10-9-18-12-17(7-8-19(18)13-20)16-6-5-14-3-1-2-4-15(14)11-16/h5-13H,1-4H2,(H,22,23). The fourth-order valence-corrected chi connectivity index (χ4v) is 3.47. The van der Waals surface area contributed by atoms with Crippen LogP contribution < -0.4 is 0 Å². The van der Waals surface area contributed by atoms with E-state index >= 15 is 0 Å². The maximum Gasteiger partial charge on any atom is 0.335 e. The normalized spacial score (nSPS) is 13.7. The molecule has 0 unspecified atom stereocenters. The van der Waals surface area contributed by atoms with Crippen molar-refractivity contribution in [2.45, 2.75) is 25.7 Å². The maximum absolute atomic E-state index is 11.1. The SMILES string of the molecule is O=C(O)c1ccc2cc(-c3ccc4c(c3)CCCC4)ccc2c1. The number of fused-ring (bicyclic) bond motifs is 2. The van der Waals surface area contributed by atoms with Crippen molar-refractivity contribution in [2.75, 3.05) is 0 Å². The first-order valence-corrected chi connectivity index (χ1v) is 8.10. The molecule has 0 atom stereocenters. The molecule has 0 saturated heterocycles. The van der Waals surface area contributed by atoms with E-state index < -0.39 is 5.97 Å². The first-order chi connectivity index (χ1) is 11.2. The summed E-state index contributed by atoms with van der Waals surface area (Å²) >= 11 is 0. The minimum atomic E-state index is -0.884. The predicted octanol–water partition coefficient (Wildman–Crippen LogP) is 5.08. The highest BCUT2D eigenvalue weighted by Gasteiger charge is 2.11. The lowest BCUT2D eigenvalue weighted by Crippen LogP contribution is -2.02. The number of rotatable bonds is 2. The molecule has 0 aromatic heterocycles. The lowest BCUT2D eigenvalue weighted by molar-refractivity contribution is 0.0697. The molecule has 1 aliphatic carbocycles. The minimum absolute atomic E-state index is 0.332. The summed E-state index contributed by atoms with van der Waals surface area (Å²) in [5, 5.41) is 11.1. The van der Waals surface area contributed by atoms with E-state index in [4.69, 9.17) is 5.11 Å². The summed E-state index contributed by atoms with van der Waals surface area (Å²) in [5.74, 6) is -0.884. The van der Waals surface area contributed by atoms with E-state index in [1.165, 1.54) is 47.9 Å². The van der Waals surface area contributed by atoms with E-state index in [2.05, 4.69) is 30.3 Å². The van der Waals surface area contributed by atoms with Crippen LogP contribution in [0.4, 0.5) is 0 Å². The second kappa shape index (κ2) is 5.54. The Morgan fingerprint density at radius 1 is 0.739 bits per heavy atom. The van der Waals surface area contributed by atoms with Crippen LogP contribution in [-0.4, -0.2) is 11.1 Å². The highest BCUT2D eigenvalue weighted by molar-refractivity contribution is 5.95. The molecule has 0 fully saturated rings. The molecule has 0 spiro atoms. The molecular formula is C21H18O2. The zero-order chi connectivity index (χ0) is 15.8. The Bertz CT molecular complexity index is 909. The monoisotopic (exact) mass is 302 g/mol. The van der Waals surface area contributed by atoms with Crippen molar-refractivity contribution < 1.29 is 9.90 Å². The Balaban J connectivity index is 1.77. The summed E-state index contributed by atoms with van der Waals surface area (Å²) in [5.41, 5.74) is 5.74. The van der Waals surface area contributed by atoms with Crippen LogP contribution in [0.25, 0.3) is 21.9 Å². The summed E-state index contributed by atoms with van der Waals surface area (Å²) in [6.07, 6.45) is 4.96. The Labute approximate surface area is 135 Å². The summed E-state index contributed by atoms with van der Waals surface area (Å²) in [6, 6.07) is 18.3. The van der Waals surface area contributed by atoms with Crippen LogP contribution in [0, 0.1) is 0 Å². The maximum atomic E-state index is 11.1. The lowest BCUT2D eigenvalue weighted by atomic mass is 9.89. The molecule has 0 radical (unpaired) electrons. The van der Waals surface area contributed by atoms with Gasteiger partial charge in [-0.05, 0) is 76.9 Å². The average molecular weight is 302 g/mol. The molecule has 114 valence electrons. The first kappa shape index (κ1) is 14.0. The van der Waals surface area contributed by atoms with Gasteiger partial charge >= 0.3 is 5.97 Å². The minimum Gasteiger partial charge on any atom is -0.478 e. The van der Waals surface area contributed by atoms with Crippen molar-refractivity contribution >= 4 is 16.7 Å². The Morgan fingerprint density at radius 2 is 1.39 bits per heavy atom. The van der Waals surface area contributed by atoms with E-state index in [-0.39, 0.29) is 0 Å². The molecule has 1 N–H and O–H groups in total. The van der Waals surface area contributed by atoms with Gasteiger partial charge in [0.05, 0.1) is 5.56 Å². The van der Waals surface area contributed by atoms with Gasteiger partial charge in [-0.1, -0.05) is 36.4 Å². The molecule has 3 aromatic rings. The molecule has 0 aliphatic heterocycles. The highest BCUT2D eigenvalue weighted by Crippen LogP contribution is 2.29. The largest absolute Gasteiger partial charge is 0.478 e. The molecule has 23 heavy (non-hydrogen) atoms. The van der Waals surface area contributed by atoms with Gasteiger partial charge in [-0.3, -0.25) is 0 Å². The van der Waals surface area contributed by atoms with Crippen LogP contribution in [0.15, 0.2) is 54.6 Å². The van der Waals surface area contributed by atoms with Gasteiger partial charge in [0.15, 0.2) is 0 Å². The summed E-state index contributed by atoms with van der Waals surface area (Å²) in [6.45, 7) is 0. The predicted molar refractivity (Wildman–Crippen MR) is 93.0 cm³/mol. The molecular weight excluding hydrogens is 284 g/mol. The number of hydrogen-bond donors (Lipinski definition) is 1. The van der Waals surface area contributed by atoms with Crippen LogP contribution in [0.1, 0.15) is 34.3 Å². The van der Waals surface area contributed by atoms with Crippen LogP contribution >= 0.6 is 0 Å². The smallest absolute Gasteiger partial charge is 0.335 e. The summed E-state index contributed by atoms with van der Waals surface area (Å²) < 4.78 is 0. The molecule has 1 aliphatic rings. The van der Waals surface area contributed by atoms with Crippen molar-refractivity contribution in [2.24, 2.45) is 0 Å². The van der Waals surface area contributed by atoms with Crippen LogP contribution in [0.3, 0.4) is 0 Å². The fraction of sp³-hybridized carbons (Fsp3) is 0.190. The van der Waals surface area contributed by atoms with Crippen LogP contribution in [-0.2, 0) is 12.8 Å². The third-order valence-electron chi connectivity index (χ3n) is 4.77. The number of benzene rings is 3. The highest BCUT2D eigenvalue weighted by atomic mass is 16.4. The second-order valence-corrected chi connectivity index (χ2v) is 6.27. The van der Waals surface area contributed by atoms with Gasteiger partial charge in [-0.15, -0.1) is 0 Å². The van der Waals surface area contributed by atoms with Crippen LogP contribution in [0.2, 0.25) is 0 Å². The van der Waals surface area contributed by atoms with E-state index in [0.717, 1.165) is 10.8 Å². The molecule has 0 amide bonds. The number of carbonyl (C=O) groups is 1. The number of carboxylic acids is 1. The third-order valence-corrected chi connectivity index (χ3v) is 4.77. The van der Waals surface area contributed by atoms with Gasteiger partial charge in [-0.25, -0.2) is 4.79 Å². The van der Waals surface area contributed by atoms with Gasteiger partial charge in [0.1, 0.15) is 0 Å². The Morgan fingerprint density at radius 3 is 2.22 bits per heavy atom. The number of aryl methyl sites for hydroxylation is 2. The molecule has 0 heterocycles. The second-order valence-electron chi connectivity index (χ2n) is 6.27. The molecule has 2 heteroatoms.